The molecule has 5 nitrogen and oxygen atoms in total. The van der Waals surface area contributed by atoms with Gasteiger partial charge in [-0.1, -0.05) is 12.1 Å². The molecule has 2 aliphatic heterocycles. The van der Waals surface area contributed by atoms with Crippen molar-refractivity contribution in [1.82, 2.24) is 15.6 Å². The summed E-state index contributed by atoms with van der Waals surface area (Å²) < 4.78 is 0. The molecule has 2 aromatic rings. The maximum absolute atomic E-state index is 12.4. The number of rotatable bonds is 3. The first-order chi connectivity index (χ1) is 11.2. The molecule has 1 aromatic heterocycles. The van der Waals surface area contributed by atoms with E-state index in [1.807, 2.05) is 24.3 Å². The molecule has 3 heterocycles. The van der Waals surface area contributed by atoms with Crippen molar-refractivity contribution in [2.45, 2.75) is 37.4 Å². The number of carbonyl (C=O) groups is 1. The Hall–Kier alpha value is -2.58. The van der Waals surface area contributed by atoms with Crippen LogP contribution in [0.25, 0.3) is 11.3 Å². The fourth-order valence-corrected chi connectivity index (χ4v) is 3.68. The highest BCUT2D eigenvalue weighted by Gasteiger charge is 2.39. The van der Waals surface area contributed by atoms with Crippen LogP contribution in [0.1, 0.15) is 35.3 Å². The molecule has 1 aromatic carbocycles. The lowest BCUT2D eigenvalue weighted by Crippen LogP contribution is -2.43. The highest BCUT2D eigenvalue weighted by Crippen LogP contribution is 2.28. The van der Waals surface area contributed by atoms with Crippen LogP contribution in [0, 0.1) is 11.3 Å². The van der Waals surface area contributed by atoms with Crippen molar-refractivity contribution in [3.05, 3.63) is 47.7 Å². The number of benzene rings is 1. The van der Waals surface area contributed by atoms with Gasteiger partial charge >= 0.3 is 0 Å². The lowest BCUT2D eigenvalue weighted by Gasteiger charge is -2.21. The van der Waals surface area contributed by atoms with Crippen LogP contribution in [0.4, 0.5) is 0 Å². The maximum Gasteiger partial charge on any atom is 0.267 e. The van der Waals surface area contributed by atoms with E-state index in [4.69, 9.17) is 5.26 Å². The Balaban J connectivity index is 1.49. The van der Waals surface area contributed by atoms with Crippen LogP contribution in [-0.2, 0) is 0 Å². The Morgan fingerprint density at radius 2 is 2.17 bits per heavy atom. The highest BCUT2D eigenvalue weighted by atomic mass is 16.2. The summed E-state index contributed by atoms with van der Waals surface area (Å²) in [7, 11) is 0. The largest absolute Gasteiger partial charge is 0.351 e. The molecule has 3 atom stereocenters. The molecule has 0 saturated carbocycles. The Bertz CT molecular complexity index is 788. The van der Waals surface area contributed by atoms with Crippen molar-refractivity contribution >= 4 is 5.91 Å². The average Bonchev–Trinajstić information content (AvgIpc) is 3.31. The zero-order valence-electron chi connectivity index (χ0n) is 12.7. The fourth-order valence-electron chi connectivity index (χ4n) is 3.68. The number of hydrogen-bond acceptors (Lipinski definition) is 3. The SMILES string of the molecule is N#Cc1cccc(-c2ccc(C(=O)N[C@@H]3C[C@H]4CC[C@@H]3N4)[nH]2)c1. The second kappa shape index (κ2) is 5.56. The summed E-state index contributed by atoms with van der Waals surface area (Å²) in [6.45, 7) is 0. The van der Waals surface area contributed by atoms with Crippen LogP contribution in [0.15, 0.2) is 36.4 Å². The van der Waals surface area contributed by atoms with Crippen molar-refractivity contribution in [3.8, 4) is 17.3 Å². The molecule has 5 heteroatoms. The predicted octanol–water partition coefficient (Wildman–Crippen LogP) is 2.18. The van der Waals surface area contributed by atoms with Crippen molar-refractivity contribution in [3.63, 3.8) is 0 Å². The van der Waals surface area contributed by atoms with Gasteiger partial charge in [-0.25, -0.2) is 0 Å². The quantitative estimate of drug-likeness (QED) is 0.813. The van der Waals surface area contributed by atoms with Gasteiger partial charge in [-0.2, -0.15) is 5.26 Å². The molecule has 23 heavy (non-hydrogen) atoms. The second-order valence-corrected chi connectivity index (χ2v) is 6.34. The van der Waals surface area contributed by atoms with Gasteiger partial charge in [0.15, 0.2) is 0 Å². The number of fused-ring (bicyclic) bond motifs is 2. The normalized spacial score (nSPS) is 25.3. The van der Waals surface area contributed by atoms with Gasteiger partial charge in [0.1, 0.15) is 5.69 Å². The van der Waals surface area contributed by atoms with E-state index < -0.39 is 0 Å². The first-order valence-corrected chi connectivity index (χ1v) is 7.99. The van der Waals surface area contributed by atoms with Crippen LogP contribution in [-0.4, -0.2) is 29.0 Å². The van der Waals surface area contributed by atoms with Crippen molar-refractivity contribution in [2.24, 2.45) is 0 Å². The number of aromatic amines is 1. The molecule has 116 valence electrons. The van der Waals surface area contributed by atoms with Crippen LogP contribution < -0.4 is 10.6 Å². The summed E-state index contributed by atoms with van der Waals surface area (Å²) in [4.78, 5) is 15.6. The van der Waals surface area contributed by atoms with Crippen molar-refractivity contribution < 1.29 is 4.79 Å². The van der Waals surface area contributed by atoms with Gasteiger partial charge in [0, 0.05) is 23.8 Å². The minimum Gasteiger partial charge on any atom is -0.351 e. The minimum atomic E-state index is -0.0629. The highest BCUT2D eigenvalue weighted by molar-refractivity contribution is 5.93. The molecule has 0 aliphatic carbocycles. The fraction of sp³-hybridized carbons (Fsp3) is 0.333. The molecule has 2 aliphatic rings. The second-order valence-electron chi connectivity index (χ2n) is 6.34. The summed E-state index contributed by atoms with van der Waals surface area (Å²) in [5, 5.41) is 15.6. The molecule has 0 radical (unpaired) electrons. The first-order valence-electron chi connectivity index (χ1n) is 7.99. The topological polar surface area (TPSA) is 80.7 Å². The molecular formula is C18H18N4O. The number of nitriles is 1. The molecule has 0 spiro atoms. The van der Waals surface area contributed by atoms with Crippen LogP contribution >= 0.6 is 0 Å². The summed E-state index contributed by atoms with van der Waals surface area (Å²) in [5.74, 6) is -0.0629. The third-order valence-electron chi connectivity index (χ3n) is 4.85. The average molecular weight is 306 g/mol. The lowest BCUT2D eigenvalue weighted by atomic mass is 9.95. The number of nitrogens with zero attached hydrogens (tertiary/aromatic N) is 1. The minimum absolute atomic E-state index is 0.0629. The van der Waals surface area contributed by atoms with E-state index in [-0.39, 0.29) is 11.9 Å². The molecule has 2 fully saturated rings. The molecule has 2 bridgehead atoms. The van der Waals surface area contributed by atoms with Gasteiger partial charge in [0.2, 0.25) is 0 Å². The number of carbonyl (C=O) groups excluding carboxylic acids is 1. The van der Waals surface area contributed by atoms with E-state index in [1.165, 1.54) is 6.42 Å². The smallest absolute Gasteiger partial charge is 0.267 e. The zero-order valence-corrected chi connectivity index (χ0v) is 12.7. The number of aromatic nitrogens is 1. The number of H-pyrrole nitrogens is 1. The van der Waals surface area contributed by atoms with Crippen molar-refractivity contribution in [1.29, 1.82) is 5.26 Å². The summed E-state index contributed by atoms with van der Waals surface area (Å²) in [6, 6.07) is 14.4. The van der Waals surface area contributed by atoms with E-state index in [2.05, 4.69) is 21.7 Å². The molecular weight excluding hydrogens is 288 g/mol. The summed E-state index contributed by atoms with van der Waals surface area (Å²) >= 11 is 0. The van der Waals surface area contributed by atoms with Gasteiger partial charge in [0.25, 0.3) is 5.91 Å². The Labute approximate surface area is 134 Å². The van der Waals surface area contributed by atoms with E-state index in [9.17, 15) is 4.79 Å². The number of amides is 1. The molecule has 0 unspecified atom stereocenters. The molecule has 3 N–H and O–H groups in total. The monoisotopic (exact) mass is 306 g/mol. The van der Waals surface area contributed by atoms with Crippen LogP contribution in [0.3, 0.4) is 0 Å². The summed E-state index contributed by atoms with van der Waals surface area (Å²) in [5.41, 5.74) is 2.92. The lowest BCUT2D eigenvalue weighted by molar-refractivity contribution is 0.0926. The van der Waals surface area contributed by atoms with E-state index in [0.717, 1.165) is 24.1 Å². The van der Waals surface area contributed by atoms with E-state index in [1.54, 1.807) is 12.1 Å². The Morgan fingerprint density at radius 3 is 2.91 bits per heavy atom. The number of hydrogen-bond donors (Lipinski definition) is 3. The molecule has 1 amide bonds. The van der Waals surface area contributed by atoms with Gasteiger partial charge in [-0.15, -0.1) is 0 Å². The van der Waals surface area contributed by atoms with Gasteiger partial charge in [0.05, 0.1) is 11.6 Å². The number of nitrogens with one attached hydrogen (secondary N) is 3. The molecule has 4 rings (SSSR count). The Kier molecular flexibility index (Phi) is 3.40. The third-order valence-corrected chi connectivity index (χ3v) is 4.85. The van der Waals surface area contributed by atoms with E-state index in [0.29, 0.717) is 23.3 Å². The van der Waals surface area contributed by atoms with Gasteiger partial charge < -0.3 is 15.6 Å². The zero-order chi connectivity index (χ0) is 15.8. The van der Waals surface area contributed by atoms with Crippen molar-refractivity contribution in [2.75, 3.05) is 0 Å². The predicted molar refractivity (Wildman–Crippen MR) is 86.8 cm³/mol. The van der Waals surface area contributed by atoms with Gasteiger partial charge in [-0.3, -0.25) is 4.79 Å². The maximum atomic E-state index is 12.4. The third kappa shape index (κ3) is 2.62. The summed E-state index contributed by atoms with van der Waals surface area (Å²) in [6.07, 6.45) is 3.39. The van der Waals surface area contributed by atoms with Gasteiger partial charge in [-0.05, 0) is 49.1 Å². The Morgan fingerprint density at radius 1 is 1.26 bits per heavy atom. The molecule has 2 saturated heterocycles. The standard InChI is InChI=1S/C18H18N4O/c19-10-11-2-1-3-12(8-11)14-6-7-16(21-14)18(23)22-17-9-13-4-5-15(17)20-13/h1-3,6-8,13,15,17,20-21H,4-5,9H2,(H,22,23)/t13-,15+,17-/m1/s1. The van der Waals surface area contributed by atoms with Crippen LogP contribution in [0.2, 0.25) is 0 Å². The first kappa shape index (κ1) is 14.0. The van der Waals surface area contributed by atoms with E-state index >= 15 is 0 Å². The van der Waals surface area contributed by atoms with Crippen LogP contribution in [0.5, 0.6) is 0 Å².